The van der Waals surface area contributed by atoms with Crippen LogP contribution in [-0.4, -0.2) is 22.2 Å². The molecule has 0 rings (SSSR count). The summed E-state index contributed by atoms with van der Waals surface area (Å²) >= 11 is 0. The Morgan fingerprint density at radius 3 is 1.09 bits per heavy atom. The highest BCUT2D eigenvalue weighted by atomic mass is 16.4. The van der Waals surface area contributed by atoms with Crippen molar-refractivity contribution in [1.82, 2.24) is 0 Å². The summed E-state index contributed by atoms with van der Waals surface area (Å²) in [5.74, 6) is -1.52. The number of rotatable bonds is 22. The molecular formula is C28H52O4. The molecule has 0 radical (unpaired) electrons. The molecule has 4 nitrogen and oxygen atoms in total. The molecule has 0 saturated heterocycles. The van der Waals surface area contributed by atoms with Crippen LogP contribution in [0.1, 0.15) is 143 Å². The average molecular weight is 453 g/mol. The fraction of sp³-hybridized carbons (Fsp3) is 0.857. The minimum atomic E-state index is -1.03. The third-order valence-corrected chi connectivity index (χ3v) is 6.73. The van der Waals surface area contributed by atoms with Gasteiger partial charge in [-0.1, -0.05) is 130 Å². The minimum Gasteiger partial charge on any atom is -0.478 e. The first-order chi connectivity index (χ1) is 15.4. The van der Waals surface area contributed by atoms with Crippen molar-refractivity contribution >= 4 is 11.9 Å². The Kier molecular flexibility index (Phi) is 19.5. The number of carboxylic acid groups (broad SMARTS) is 2. The van der Waals surface area contributed by atoms with E-state index in [-0.39, 0.29) is 23.0 Å². The molecule has 0 bridgehead atoms. The van der Waals surface area contributed by atoms with Crippen LogP contribution in [0.25, 0.3) is 0 Å². The molecule has 2 atom stereocenters. The minimum absolute atomic E-state index is 0.171. The average Bonchev–Trinajstić information content (AvgIpc) is 2.76. The van der Waals surface area contributed by atoms with Gasteiger partial charge in [-0.3, -0.25) is 0 Å². The normalized spacial score (nSPS) is 14.1. The fourth-order valence-corrected chi connectivity index (χ4v) is 4.66. The number of carboxylic acids is 2. The van der Waals surface area contributed by atoms with E-state index in [0.29, 0.717) is 12.8 Å². The molecule has 0 aromatic carbocycles. The van der Waals surface area contributed by atoms with Crippen molar-refractivity contribution in [2.45, 2.75) is 143 Å². The van der Waals surface area contributed by atoms with Crippen LogP contribution in [0.2, 0.25) is 0 Å². The molecule has 0 aliphatic rings. The van der Waals surface area contributed by atoms with Crippen molar-refractivity contribution in [3.8, 4) is 0 Å². The smallest absolute Gasteiger partial charge is 0.332 e. The number of hydrogen-bond acceptors (Lipinski definition) is 2. The number of unbranched alkanes of at least 4 members (excludes halogenated alkanes) is 8. The molecule has 0 aromatic heterocycles. The van der Waals surface area contributed by atoms with E-state index in [4.69, 9.17) is 0 Å². The third-order valence-electron chi connectivity index (χ3n) is 6.73. The standard InChI is InChI=1S/C28H52O4/c1-5-9-13-15-19-23(17-11-7-3)21-25(27(29)30)26(28(31)32)22-24(18-12-8-4)20-16-14-10-6-2/h23-24H,5-22H2,1-4H3,(H,29,30)(H,31,32). The van der Waals surface area contributed by atoms with Gasteiger partial charge in [-0.05, 0) is 24.7 Å². The van der Waals surface area contributed by atoms with Crippen LogP contribution in [0.5, 0.6) is 0 Å². The zero-order chi connectivity index (χ0) is 24.2. The molecule has 0 aromatic rings. The van der Waals surface area contributed by atoms with E-state index in [1.165, 1.54) is 38.5 Å². The molecule has 32 heavy (non-hydrogen) atoms. The van der Waals surface area contributed by atoms with Gasteiger partial charge < -0.3 is 10.2 Å². The summed E-state index contributed by atoms with van der Waals surface area (Å²) in [5, 5.41) is 20.0. The first-order valence-corrected chi connectivity index (χ1v) is 13.6. The summed E-state index contributed by atoms with van der Waals surface area (Å²) in [6, 6.07) is 0. The second-order valence-corrected chi connectivity index (χ2v) is 9.69. The largest absolute Gasteiger partial charge is 0.478 e. The second-order valence-electron chi connectivity index (χ2n) is 9.69. The lowest BCUT2D eigenvalue weighted by Gasteiger charge is -2.21. The summed E-state index contributed by atoms with van der Waals surface area (Å²) < 4.78 is 0. The maximum absolute atomic E-state index is 12.2. The Bertz CT molecular complexity index is 478. The van der Waals surface area contributed by atoms with E-state index in [9.17, 15) is 19.8 Å². The topological polar surface area (TPSA) is 74.6 Å². The van der Waals surface area contributed by atoms with Crippen molar-refractivity contribution in [2.24, 2.45) is 11.8 Å². The Labute approximate surface area is 198 Å². The van der Waals surface area contributed by atoms with Crippen LogP contribution in [0, 0.1) is 11.8 Å². The van der Waals surface area contributed by atoms with E-state index in [0.717, 1.165) is 64.2 Å². The highest BCUT2D eigenvalue weighted by Crippen LogP contribution is 2.31. The number of carbonyl (C=O) groups is 2. The lowest BCUT2D eigenvalue weighted by molar-refractivity contribution is -0.136. The van der Waals surface area contributed by atoms with Gasteiger partial charge in [0.05, 0.1) is 0 Å². The molecule has 0 spiro atoms. The molecular weight excluding hydrogens is 400 g/mol. The van der Waals surface area contributed by atoms with E-state index in [2.05, 4.69) is 27.7 Å². The molecule has 0 amide bonds. The molecule has 4 heteroatoms. The van der Waals surface area contributed by atoms with Crippen molar-refractivity contribution in [3.63, 3.8) is 0 Å². The van der Waals surface area contributed by atoms with Gasteiger partial charge in [-0.15, -0.1) is 0 Å². The highest BCUT2D eigenvalue weighted by Gasteiger charge is 2.25. The number of aliphatic carboxylic acids is 2. The van der Waals surface area contributed by atoms with Crippen LogP contribution in [-0.2, 0) is 9.59 Å². The van der Waals surface area contributed by atoms with Crippen LogP contribution in [0.15, 0.2) is 11.1 Å². The predicted molar refractivity (Wildman–Crippen MR) is 135 cm³/mol. The summed E-state index contributed by atoms with van der Waals surface area (Å²) in [5.41, 5.74) is 0.341. The SMILES string of the molecule is CCCCCCC(CCCC)CC(C(=O)O)=C(CC(CCCC)CCCCCC)C(=O)O. The summed E-state index contributed by atoms with van der Waals surface area (Å²) in [6.07, 6.45) is 18.4. The Morgan fingerprint density at radius 2 is 0.812 bits per heavy atom. The molecule has 188 valence electrons. The lowest BCUT2D eigenvalue weighted by atomic mass is 9.83. The zero-order valence-corrected chi connectivity index (χ0v) is 21.6. The maximum atomic E-state index is 12.2. The van der Waals surface area contributed by atoms with Gasteiger partial charge in [0.15, 0.2) is 0 Å². The van der Waals surface area contributed by atoms with Gasteiger partial charge in [0.1, 0.15) is 0 Å². The second kappa shape index (κ2) is 20.3. The van der Waals surface area contributed by atoms with Crippen LogP contribution in [0.4, 0.5) is 0 Å². The molecule has 0 aliphatic heterocycles. The third kappa shape index (κ3) is 14.7. The first-order valence-electron chi connectivity index (χ1n) is 13.6. The van der Waals surface area contributed by atoms with Crippen LogP contribution >= 0.6 is 0 Å². The zero-order valence-electron chi connectivity index (χ0n) is 21.6. The van der Waals surface area contributed by atoms with E-state index in [1.807, 2.05) is 0 Å². The predicted octanol–water partition coefficient (Wildman–Crippen LogP) is 8.79. The van der Waals surface area contributed by atoms with Crippen molar-refractivity contribution in [3.05, 3.63) is 11.1 Å². The molecule has 0 heterocycles. The van der Waals surface area contributed by atoms with Crippen LogP contribution < -0.4 is 0 Å². The maximum Gasteiger partial charge on any atom is 0.332 e. The monoisotopic (exact) mass is 452 g/mol. The molecule has 0 fully saturated rings. The van der Waals surface area contributed by atoms with Gasteiger partial charge in [0.25, 0.3) is 0 Å². The Morgan fingerprint density at radius 1 is 0.500 bits per heavy atom. The Hall–Kier alpha value is -1.32. The summed E-state index contributed by atoms with van der Waals surface area (Å²) in [7, 11) is 0. The van der Waals surface area contributed by atoms with Gasteiger partial charge in [-0.25, -0.2) is 9.59 Å². The van der Waals surface area contributed by atoms with Crippen molar-refractivity contribution < 1.29 is 19.8 Å². The van der Waals surface area contributed by atoms with Gasteiger partial charge >= 0.3 is 11.9 Å². The molecule has 2 N–H and O–H groups in total. The molecule has 2 unspecified atom stereocenters. The van der Waals surface area contributed by atoms with Gasteiger partial charge in [0.2, 0.25) is 0 Å². The summed E-state index contributed by atoms with van der Waals surface area (Å²) in [4.78, 5) is 24.4. The quantitative estimate of drug-likeness (QED) is 0.127. The molecule has 0 aliphatic carbocycles. The lowest BCUT2D eigenvalue weighted by Crippen LogP contribution is -2.18. The van der Waals surface area contributed by atoms with Gasteiger partial charge in [0, 0.05) is 11.1 Å². The highest BCUT2D eigenvalue weighted by molar-refractivity contribution is 5.98. The van der Waals surface area contributed by atoms with Gasteiger partial charge in [-0.2, -0.15) is 0 Å². The van der Waals surface area contributed by atoms with E-state index in [1.54, 1.807) is 0 Å². The molecule has 0 saturated carbocycles. The Balaban J connectivity index is 5.54. The fourth-order valence-electron chi connectivity index (χ4n) is 4.66. The number of hydrogen-bond donors (Lipinski definition) is 2. The van der Waals surface area contributed by atoms with Crippen molar-refractivity contribution in [2.75, 3.05) is 0 Å². The summed E-state index contributed by atoms with van der Waals surface area (Å²) in [6.45, 7) is 8.69. The van der Waals surface area contributed by atoms with Crippen molar-refractivity contribution in [1.29, 1.82) is 0 Å². The van der Waals surface area contributed by atoms with E-state index < -0.39 is 11.9 Å². The van der Waals surface area contributed by atoms with Crippen LogP contribution in [0.3, 0.4) is 0 Å². The van der Waals surface area contributed by atoms with E-state index >= 15 is 0 Å². The first kappa shape index (κ1) is 30.7.